The van der Waals surface area contributed by atoms with Crippen LogP contribution in [-0.2, 0) is 17.8 Å². The molecule has 0 spiro atoms. The van der Waals surface area contributed by atoms with Gasteiger partial charge in [0.05, 0.1) is 5.41 Å². The molecule has 1 aromatic heterocycles. The molecule has 8 heteroatoms. The zero-order chi connectivity index (χ0) is 19.9. The minimum atomic E-state index is -0.527. The molecule has 0 radical (unpaired) electrons. The van der Waals surface area contributed by atoms with Gasteiger partial charge in [-0.1, -0.05) is 6.92 Å². The summed E-state index contributed by atoms with van der Waals surface area (Å²) in [5.74, 6) is -0.00368. The first-order chi connectivity index (χ1) is 13.5. The fourth-order valence-electron chi connectivity index (χ4n) is 5.46. The summed E-state index contributed by atoms with van der Waals surface area (Å²) in [5.41, 5.74) is 2.09. The molecule has 3 aliphatic rings. The second-order valence-corrected chi connectivity index (χ2v) is 8.52. The largest absolute Gasteiger partial charge is 0.396 e. The number of aliphatic hydroxyl groups excluding tert-OH is 1. The van der Waals surface area contributed by atoms with Crippen LogP contribution in [0.2, 0.25) is 0 Å². The van der Waals surface area contributed by atoms with Gasteiger partial charge in [0.25, 0.3) is 5.91 Å². The van der Waals surface area contributed by atoms with Gasteiger partial charge < -0.3 is 20.2 Å². The number of nitrogens with zero attached hydrogens (tertiary/aromatic N) is 3. The summed E-state index contributed by atoms with van der Waals surface area (Å²) < 4.78 is 0. The van der Waals surface area contributed by atoms with Crippen molar-refractivity contribution in [3.05, 3.63) is 17.0 Å². The molecule has 2 fully saturated rings. The molecular formula is C20H31N5O3. The molecule has 0 unspecified atom stereocenters. The Kier molecular flexibility index (Phi) is 5.18. The number of aliphatic hydroxyl groups is 1. The first-order valence-corrected chi connectivity index (χ1v) is 10.5. The molecule has 8 nitrogen and oxygen atoms in total. The van der Waals surface area contributed by atoms with Crippen molar-refractivity contribution < 1.29 is 14.7 Å². The molecule has 2 saturated heterocycles. The summed E-state index contributed by atoms with van der Waals surface area (Å²) in [6.07, 6.45) is 4.68. The summed E-state index contributed by atoms with van der Waals surface area (Å²) in [4.78, 5) is 30.7. The highest BCUT2D eigenvalue weighted by Crippen LogP contribution is 2.52. The third kappa shape index (κ3) is 2.93. The maximum atomic E-state index is 13.5. The second kappa shape index (κ2) is 7.48. The second-order valence-electron chi connectivity index (χ2n) is 8.52. The lowest BCUT2D eigenvalue weighted by molar-refractivity contribution is -0.133. The van der Waals surface area contributed by atoms with Crippen LogP contribution < -0.4 is 5.32 Å². The van der Waals surface area contributed by atoms with Crippen LogP contribution in [0.25, 0.3) is 0 Å². The third-order valence-corrected chi connectivity index (χ3v) is 7.01. The lowest BCUT2D eigenvalue weighted by Crippen LogP contribution is -2.50. The summed E-state index contributed by atoms with van der Waals surface area (Å²) in [6, 6.07) is 0.0347. The number of hydrogen-bond donors (Lipinski definition) is 3. The van der Waals surface area contributed by atoms with Crippen molar-refractivity contribution in [3.8, 4) is 0 Å². The van der Waals surface area contributed by atoms with Gasteiger partial charge in [0.2, 0.25) is 5.91 Å². The normalized spacial score (nSPS) is 29.2. The van der Waals surface area contributed by atoms with Crippen molar-refractivity contribution in [3.63, 3.8) is 0 Å². The molecule has 0 aliphatic carbocycles. The summed E-state index contributed by atoms with van der Waals surface area (Å²) in [5, 5.41) is 19.4. The smallest absolute Gasteiger partial charge is 0.275 e. The molecule has 0 aromatic carbocycles. The summed E-state index contributed by atoms with van der Waals surface area (Å²) in [7, 11) is 2.06. The first kappa shape index (κ1) is 19.4. The Balaban J connectivity index is 1.57. The van der Waals surface area contributed by atoms with Crippen LogP contribution in [0, 0.1) is 5.41 Å². The van der Waals surface area contributed by atoms with E-state index in [1.165, 1.54) is 0 Å². The van der Waals surface area contributed by atoms with Crippen LogP contribution in [0.1, 0.15) is 60.8 Å². The van der Waals surface area contributed by atoms with Crippen LogP contribution in [0.15, 0.2) is 0 Å². The van der Waals surface area contributed by atoms with E-state index in [2.05, 4.69) is 27.5 Å². The monoisotopic (exact) mass is 389 g/mol. The Morgan fingerprint density at radius 1 is 1.39 bits per heavy atom. The van der Waals surface area contributed by atoms with Crippen molar-refractivity contribution in [2.24, 2.45) is 5.41 Å². The fourth-order valence-corrected chi connectivity index (χ4v) is 5.46. The molecule has 2 amide bonds. The average molecular weight is 390 g/mol. The van der Waals surface area contributed by atoms with Gasteiger partial charge in [-0.3, -0.25) is 14.7 Å². The molecule has 3 atom stereocenters. The fraction of sp³-hybridized carbons (Fsp3) is 0.750. The maximum Gasteiger partial charge on any atom is 0.275 e. The number of nitrogens with one attached hydrogen (secondary N) is 2. The van der Waals surface area contributed by atoms with E-state index in [4.69, 9.17) is 5.11 Å². The van der Waals surface area contributed by atoms with E-state index < -0.39 is 5.41 Å². The SMILES string of the molecule is CC[C@]1(C(=O)NCCCO)C[C@H]2CC[C@@H]1N2C(=O)c1n[nH]c2c1CN(C)CC2. The van der Waals surface area contributed by atoms with Crippen molar-refractivity contribution in [2.45, 2.75) is 64.1 Å². The predicted molar refractivity (Wildman–Crippen MR) is 104 cm³/mol. The number of carbonyl (C=O) groups excluding carboxylic acids is 2. The van der Waals surface area contributed by atoms with Crippen molar-refractivity contribution in [1.29, 1.82) is 0 Å². The van der Waals surface area contributed by atoms with E-state index >= 15 is 0 Å². The molecule has 28 heavy (non-hydrogen) atoms. The van der Waals surface area contributed by atoms with Crippen LogP contribution in [0.3, 0.4) is 0 Å². The van der Waals surface area contributed by atoms with E-state index in [1.807, 2.05) is 11.8 Å². The predicted octanol–water partition coefficient (Wildman–Crippen LogP) is 0.669. The highest BCUT2D eigenvalue weighted by atomic mass is 16.3. The van der Waals surface area contributed by atoms with Gasteiger partial charge in [0.15, 0.2) is 5.69 Å². The average Bonchev–Trinajstić information content (AvgIpc) is 3.38. The number of likely N-dealkylation sites (N-methyl/N-ethyl adjacent to an activating group) is 1. The molecule has 0 saturated carbocycles. The van der Waals surface area contributed by atoms with E-state index in [1.54, 1.807) is 0 Å². The van der Waals surface area contributed by atoms with Crippen LogP contribution in [-0.4, -0.2) is 75.7 Å². The summed E-state index contributed by atoms with van der Waals surface area (Å²) in [6.45, 7) is 4.28. The molecule has 3 aliphatic heterocycles. The number of carbonyl (C=O) groups is 2. The zero-order valence-electron chi connectivity index (χ0n) is 16.8. The van der Waals surface area contributed by atoms with Crippen LogP contribution >= 0.6 is 0 Å². The van der Waals surface area contributed by atoms with Gasteiger partial charge in [0, 0.05) is 56.0 Å². The molecule has 3 N–H and O–H groups in total. The summed E-state index contributed by atoms with van der Waals surface area (Å²) >= 11 is 0. The zero-order valence-corrected chi connectivity index (χ0v) is 16.8. The molecule has 154 valence electrons. The lowest BCUT2D eigenvalue weighted by atomic mass is 9.71. The Morgan fingerprint density at radius 2 is 2.21 bits per heavy atom. The highest BCUT2D eigenvalue weighted by molar-refractivity contribution is 5.96. The molecular weight excluding hydrogens is 358 g/mol. The molecule has 2 bridgehead atoms. The highest BCUT2D eigenvalue weighted by Gasteiger charge is 2.60. The van der Waals surface area contributed by atoms with E-state index in [0.29, 0.717) is 25.1 Å². The van der Waals surface area contributed by atoms with Gasteiger partial charge in [-0.15, -0.1) is 0 Å². The lowest BCUT2D eigenvalue weighted by Gasteiger charge is -2.35. The van der Waals surface area contributed by atoms with E-state index in [9.17, 15) is 9.59 Å². The van der Waals surface area contributed by atoms with Crippen molar-refractivity contribution in [2.75, 3.05) is 26.7 Å². The van der Waals surface area contributed by atoms with Gasteiger partial charge in [-0.25, -0.2) is 0 Å². The van der Waals surface area contributed by atoms with E-state index in [-0.39, 0.29) is 30.5 Å². The van der Waals surface area contributed by atoms with E-state index in [0.717, 1.165) is 50.0 Å². The Bertz CT molecular complexity index is 763. The van der Waals surface area contributed by atoms with Crippen molar-refractivity contribution >= 4 is 11.8 Å². The Labute approximate surface area is 165 Å². The molecule has 1 aromatic rings. The van der Waals surface area contributed by atoms with Gasteiger partial charge in [0.1, 0.15) is 0 Å². The Hall–Kier alpha value is -1.93. The number of hydrogen-bond acceptors (Lipinski definition) is 5. The number of rotatable bonds is 6. The topological polar surface area (TPSA) is 102 Å². The van der Waals surface area contributed by atoms with Crippen LogP contribution in [0.5, 0.6) is 0 Å². The number of amides is 2. The number of H-pyrrole nitrogens is 1. The quantitative estimate of drug-likeness (QED) is 0.621. The van der Waals surface area contributed by atoms with Gasteiger partial charge in [-0.2, -0.15) is 5.10 Å². The minimum absolute atomic E-state index is 0.0252. The molecule has 4 rings (SSSR count). The van der Waals surface area contributed by atoms with Crippen LogP contribution in [0.4, 0.5) is 0 Å². The first-order valence-electron chi connectivity index (χ1n) is 10.5. The molecule has 4 heterocycles. The minimum Gasteiger partial charge on any atom is -0.396 e. The maximum absolute atomic E-state index is 13.5. The van der Waals surface area contributed by atoms with Gasteiger partial charge in [-0.05, 0) is 39.2 Å². The van der Waals surface area contributed by atoms with Crippen molar-refractivity contribution in [1.82, 2.24) is 25.3 Å². The Morgan fingerprint density at radius 3 is 2.96 bits per heavy atom. The van der Waals surface area contributed by atoms with Gasteiger partial charge >= 0.3 is 0 Å². The third-order valence-electron chi connectivity index (χ3n) is 7.01. The number of aromatic amines is 1. The number of fused-ring (bicyclic) bond motifs is 3. The standard InChI is InChI=1S/C20H31N5O3/c1-3-20(19(28)21-8-4-10-26)11-13-5-6-16(20)25(13)18(27)17-14-12-24(2)9-7-15(14)22-23-17/h13,16,26H,3-12H2,1-2H3,(H,21,28)(H,22,23)/t13-,16+,20+/m1/s1. The number of aromatic nitrogens is 2.